The van der Waals surface area contributed by atoms with Gasteiger partial charge >= 0.3 is 11.9 Å². The van der Waals surface area contributed by atoms with Gasteiger partial charge in [-0.25, -0.2) is 9.59 Å². The van der Waals surface area contributed by atoms with Crippen LogP contribution in [0.2, 0.25) is 0 Å². The second-order valence-corrected chi connectivity index (χ2v) is 6.16. The molecule has 0 spiro atoms. The monoisotopic (exact) mass is 352 g/mol. The lowest BCUT2D eigenvalue weighted by molar-refractivity contribution is -0.196. The molecule has 1 aliphatic carbocycles. The number of benzene rings is 1. The minimum absolute atomic E-state index is 0.118. The van der Waals surface area contributed by atoms with E-state index in [4.69, 9.17) is 9.84 Å². The lowest BCUT2D eigenvalue weighted by Crippen LogP contribution is -2.57. The number of aliphatic hydroxyl groups excluding tert-OH is 2. The van der Waals surface area contributed by atoms with E-state index < -0.39 is 48.7 Å². The Labute approximate surface area is 143 Å². The van der Waals surface area contributed by atoms with Crippen LogP contribution in [0.1, 0.15) is 24.0 Å². The SMILES string of the molecule is Cc1cc(/C=C/C(=O)OC2C[C@](O)(C(=O)O)CC(O)[C@H]2O)ccc1O. The summed E-state index contributed by atoms with van der Waals surface area (Å²) in [5.41, 5.74) is -1.03. The topological polar surface area (TPSA) is 145 Å². The van der Waals surface area contributed by atoms with Crippen molar-refractivity contribution < 1.29 is 39.9 Å². The van der Waals surface area contributed by atoms with Gasteiger partial charge in [-0.2, -0.15) is 0 Å². The van der Waals surface area contributed by atoms with Crippen LogP contribution in [0, 0.1) is 6.92 Å². The molecule has 1 aromatic rings. The molecule has 0 radical (unpaired) electrons. The van der Waals surface area contributed by atoms with Crippen molar-refractivity contribution in [2.24, 2.45) is 0 Å². The van der Waals surface area contributed by atoms with Crippen molar-refractivity contribution in [3.8, 4) is 5.75 Å². The average molecular weight is 352 g/mol. The van der Waals surface area contributed by atoms with Crippen LogP contribution in [0.25, 0.3) is 6.08 Å². The zero-order valence-corrected chi connectivity index (χ0v) is 13.5. The molecule has 1 saturated carbocycles. The van der Waals surface area contributed by atoms with Gasteiger partial charge in [0.15, 0.2) is 5.60 Å². The summed E-state index contributed by atoms with van der Waals surface area (Å²) in [5.74, 6) is -2.31. The molecule has 0 saturated heterocycles. The molecule has 8 heteroatoms. The Kier molecular flexibility index (Phi) is 5.46. The maximum atomic E-state index is 11.9. The minimum atomic E-state index is -2.28. The van der Waals surface area contributed by atoms with Gasteiger partial charge in [-0.15, -0.1) is 0 Å². The van der Waals surface area contributed by atoms with Gasteiger partial charge in [-0.05, 0) is 36.3 Å². The second kappa shape index (κ2) is 7.22. The number of esters is 1. The molecule has 8 nitrogen and oxygen atoms in total. The van der Waals surface area contributed by atoms with Gasteiger partial charge in [0.1, 0.15) is 18.0 Å². The number of phenols is 1. The molecular formula is C17H20O8. The maximum Gasteiger partial charge on any atom is 0.335 e. The van der Waals surface area contributed by atoms with E-state index >= 15 is 0 Å². The van der Waals surface area contributed by atoms with Crippen molar-refractivity contribution in [3.63, 3.8) is 0 Å². The molecule has 1 aliphatic rings. The molecule has 0 aromatic heterocycles. The van der Waals surface area contributed by atoms with Crippen LogP contribution in [0.5, 0.6) is 5.75 Å². The molecule has 2 unspecified atom stereocenters. The number of aromatic hydroxyl groups is 1. The number of hydrogen-bond acceptors (Lipinski definition) is 7. The fourth-order valence-electron chi connectivity index (χ4n) is 2.67. The van der Waals surface area contributed by atoms with E-state index in [1.165, 1.54) is 12.1 Å². The summed E-state index contributed by atoms with van der Waals surface area (Å²) in [4.78, 5) is 23.0. The minimum Gasteiger partial charge on any atom is -0.508 e. The number of aliphatic carboxylic acids is 1. The number of carbonyl (C=O) groups excluding carboxylic acids is 1. The second-order valence-electron chi connectivity index (χ2n) is 6.16. The average Bonchev–Trinajstić information content (AvgIpc) is 2.53. The Bertz CT molecular complexity index is 698. The number of ether oxygens (including phenoxy) is 1. The van der Waals surface area contributed by atoms with Crippen LogP contribution < -0.4 is 0 Å². The van der Waals surface area contributed by atoms with E-state index in [9.17, 15) is 30.0 Å². The summed E-state index contributed by atoms with van der Waals surface area (Å²) < 4.78 is 4.99. The number of carbonyl (C=O) groups is 2. The van der Waals surface area contributed by atoms with Gasteiger partial charge in [-0.3, -0.25) is 0 Å². The third-order valence-corrected chi connectivity index (χ3v) is 4.16. The van der Waals surface area contributed by atoms with Gasteiger partial charge < -0.3 is 30.3 Å². The molecule has 0 amide bonds. The Hall–Kier alpha value is -2.42. The molecule has 1 aromatic carbocycles. The summed E-state index contributed by atoms with van der Waals surface area (Å²) in [7, 11) is 0. The van der Waals surface area contributed by atoms with E-state index in [1.807, 2.05) is 0 Å². The maximum absolute atomic E-state index is 11.9. The Balaban J connectivity index is 2.06. The van der Waals surface area contributed by atoms with Gasteiger partial charge in [0.05, 0.1) is 6.10 Å². The fourth-order valence-corrected chi connectivity index (χ4v) is 2.67. The molecular weight excluding hydrogens is 332 g/mol. The zero-order chi connectivity index (χ0) is 18.8. The summed E-state index contributed by atoms with van der Waals surface area (Å²) in [6, 6.07) is 4.69. The van der Waals surface area contributed by atoms with Gasteiger partial charge in [0, 0.05) is 18.9 Å². The summed E-state index contributed by atoms with van der Waals surface area (Å²) in [6.45, 7) is 1.69. The van der Waals surface area contributed by atoms with E-state index in [-0.39, 0.29) is 5.75 Å². The van der Waals surface area contributed by atoms with Crippen molar-refractivity contribution >= 4 is 18.0 Å². The summed E-state index contributed by atoms with van der Waals surface area (Å²) in [5, 5.41) is 48.0. The zero-order valence-electron chi connectivity index (χ0n) is 13.5. The lowest BCUT2D eigenvalue weighted by atomic mass is 9.79. The molecule has 25 heavy (non-hydrogen) atoms. The number of hydrogen-bond donors (Lipinski definition) is 5. The van der Waals surface area contributed by atoms with Gasteiger partial charge in [0.25, 0.3) is 0 Å². The molecule has 2 rings (SSSR count). The van der Waals surface area contributed by atoms with Crippen molar-refractivity contribution in [3.05, 3.63) is 35.4 Å². The van der Waals surface area contributed by atoms with Crippen LogP contribution in [-0.2, 0) is 14.3 Å². The van der Waals surface area contributed by atoms with E-state index in [0.717, 1.165) is 6.08 Å². The fraction of sp³-hybridized carbons (Fsp3) is 0.412. The van der Waals surface area contributed by atoms with E-state index in [0.29, 0.717) is 11.1 Å². The predicted octanol–water partition coefficient (Wildman–Crippen LogP) is -0.0431. The van der Waals surface area contributed by atoms with Crippen LogP contribution in [-0.4, -0.2) is 61.4 Å². The first-order valence-electron chi connectivity index (χ1n) is 7.62. The Morgan fingerprint density at radius 1 is 1.28 bits per heavy atom. The molecule has 0 bridgehead atoms. The Morgan fingerprint density at radius 3 is 2.56 bits per heavy atom. The smallest absolute Gasteiger partial charge is 0.335 e. The highest BCUT2D eigenvalue weighted by atomic mass is 16.6. The predicted molar refractivity (Wildman–Crippen MR) is 85.6 cm³/mol. The normalized spacial score (nSPS) is 29.5. The van der Waals surface area contributed by atoms with Crippen molar-refractivity contribution in [1.82, 2.24) is 0 Å². The van der Waals surface area contributed by atoms with Crippen LogP contribution in [0.3, 0.4) is 0 Å². The van der Waals surface area contributed by atoms with Crippen LogP contribution in [0.15, 0.2) is 24.3 Å². The van der Waals surface area contributed by atoms with Crippen molar-refractivity contribution in [2.75, 3.05) is 0 Å². The highest BCUT2D eigenvalue weighted by molar-refractivity contribution is 5.87. The highest BCUT2D eigenvalue weighted by Gasteiger charge is 2.50. The third kappa shape index (κ3) is 4.36. The van der Waals surface area contributed by atoms with Crippen molar-refractivity contribution in [1.29, 1.82) is 0 Å². The molecule has 136 valence electrons. The number of phenolic OH excluding ortho intramolecular Hbond substituents is 1. The third-order valence-electron chi connectivity index (χ3n) is 4.16. The summed E-state index contributed by atoms with van der Waals surface area (Å²) >= 11 is 0. The molecule has 0 aliphatic heterocycles. The number of aryl methyl sites for hydroxylation is 1. The number of aliphatic hydroxyl groups is 3. The van der Waals surface area contributed by atoms with E-state index in [1.54, 1.807) is 19.1 Å². The molecule has 5 N–H and O–H groups in total. The quantitative estimate of drug-likeness (QED) is 0.375. The summed E-state index contributed by atoms with van der Waals surface area (Å²) in [6.07, 6.45) is -2.98. The number of carboxylic acids is 1. The van der Waals surface area contributed by atoms with Crippen molar-refractivity contribution in [2.45, 2.75) is 43.7 Å². The molecule has 0 heterocycles. The molecule has 4 atom stereocenters. The van der Waals surface area contributed by atoms with E-state index in [2.05, 4.69) is 0 Å². The molecule has 1 fully saturated rings. The first kappa shape index (κ1) is 18.9. The standard InChI is InChI=1S/C17H20O8/c1-9-6-10(2-4-11(9)18)3-5-14(20)25-13-8-17(24,16(22)23)7-12(19)15(13)21/h2-6,12-13,15,18-19,21,24H,7-8H2,1H3,(H,22,23)/b5-3+/t12?,13?,15-,17+/m1/s1. The van der Waals surface area contributed by atoms with Gasteiger partial charge in [-0.1, -0.05) is 6.07 Å². The highest BCUT2D eigenvalue weighted by Crippen LogP contribution is 2.31. The van der Waals surface area contributed by atoms with Crippen LogP contribution in [0.4, 0.5) is 0 Å². The lowest BCUT2D eigenvalue weighted by Gasteiger charge is -2.39. The van der Waals surface area contributed by atoms with Gasteiger partial charge in [0.2, 0.25) is 0 Å². The largest absolute Gasteiger partial charge is 0.508 e. The number of carboxylic acid groups (broad SMARTS) is 1. The Morgan fingerprint density at radius 2 is 1.96 bits per heavy atom. The van der Waals surface area contributed by atoms with Crippen LogP contribution >= 0.6 is 0 Å². The number of rotatable bonds is 4. The first-order valence-corrected chi connectivity index (χ1v) is 7.62. The first-order chi connectivity index (χ1) is 11.6.